The summed E-state index contributed by atoms with van der Waals surface area (Å²) in [5, 5.41) is 14.4. The van der Waals surface area contributed by atoms with Gasteiger partial charge in [0.05, 0.1) is 0 Å². The van der Waals surface area contributed by atoms with Crippen molar-refractivity contribution in [1.82, 2.24) is 14.8 Å². The average molecular weight is 344 g/mol. The van der Waals surface area contributed by atoms with Gasteiger partial charge in [0.1, 0.15) is 23.1 Å². The predicted molar refractivity (Wildman–Crippen MR) is 101 cm³/mol. The Morgan fingerprint density at radius 3 is 2.77 bits per heavy atom. The van der Waals surface area contributed by atoms with E-state index in [1.54, 1.807) is 4.68 Å². The van der Waals surface area contributed by atoms with Gasteiger partial charge in [-0.2, -0.15) is 10.4 Å². The van der Waals surface area contributed by atoms with E-state index in [9.17, 15) is 5.26 Å². The lowest BCUT2D eigenvalue weighted by Gasteiger charge is -2.24. The van der Waals surface area contributed by atoms with Crippen LogP contribution < -0.4 is 11.5 Å². The molecule has 4 rings (SSSR count). The number of fused-ring (bicyclic) bond motifs is 1. The Morgan fingerprint density at radius 1 is 1.27 bits per heavy atom. The third-order valence-electron chi connectivity index (χ3n) is 4.89. The topological polar surface area (TPSA) is 107 Å². The Labute approximate surface area is 152 Å². The largest absolute Gasteiger partial charge is 0.383 e. The van der Waals surface area contributed by atoms with Crippen molar-refractivity contribution in [2.24, 2.45) is 12.8 Å². The number of hydrogen-bond acceptors (Lipinski definition) is 5. The monoisotopic (exact) mass is 344 g/mol. The Hall–Kier alpha value is -3.17. The highest BCUT2D eigenvalue weighted by molar-refractivity contribution is 5.87. The maximum absolute atomic E-state index is 9.77. The lowest BCUT2D eigenvalue weighted by Crippen LogP contribution is -2.29. The molecule has 1 aromatic carbocycles. The number of rotatable bonds is 2. The molecule has 2 aromatic heterocycles. The minimum absolute atomic E-state index is 0.0649. The van der Waals surface area contributed by atoms with Crippen molar-refractivity contribution in [2.75, 3.05) is 5.73 Å². The molecule has 3 aromatic rings. The molecule has 0 amide bonds. The normalized spacial score (nSPS) is 16.1. The molecule has 0 saturated heterocycles. The highest BCUT2D eigenvalue weighted by atomic mass is 15.3. The summed E-state index contributed by atoms with van der Waals surface area (Å²) in [6, 6.07) is 12.3. The molecule has 130 valence electrons. The van der Waals surface area contributed by atoms with Gasteiger partial charge in [-0.1, -0.05) is 30.3 Å². The number of aromatic nitrogens is 3. The van der Waals surface area contributed by atoms with Crippen LogP contribution in [0.25, 0.3) is 22.4 Å². The molecule has 1 unspecified atom stereocenters. The summed E-state index contributed by atoms with van der Waals surface area (Å²) in [6.07, 6.45) is 4.29. The summed E-state index contributed by atoms with van der Waals surface area (Å²) >= 11 is 0. The summed E-state index contributed by atoms with van der Waals surface area (Å²) in [7, 11) is 1.88. The molecule has 0 radical (unpaired) electrons. The van der Waals surface area contributed by atoms with E-state index in [-0.39, 0.29) is 11.9 Å². The predicted octanol–water partition coefficient (Wildman–Crippen LogP) is 2.42. The van der Waals surface area contributed by atoms with Crippen LogP contribution in [0.15, 0.2) is 36.5 Å². The van der Waals surface area contributed by atoms with E-state index in [0.29, 0.717) is 12.0 Å². The zero-order chi connectivity index (χ0) is 18.3. The first-order chi connectivity index (χ1) is 12.6. The zero-order valence-corrected chi connectivity index (χ0v) is 14.6. The van der Waals surface area contributed by atoms with E-state index >= 15 is 0 Å². The number of nitrogens with zero attached hydrogens (tertiary/aromatic N) is 4. The van der Waals surface area contributed by atoms with E-state index in [1.165, 1.54) is 0 Å². The molecule has 2 heterocycles. The molecule has 26 heavy (non-hydrogen) atoms. The van der Waals surface area contributed by atoms with E-state index in [0.717, 1.165) is 46.5 Å². The Morgan fingerprint density at radius 2 is 2.04 bits per heavy atom. The van der Waals surface area contributed by atoms with Crippen molar-refractivity contribution in [1.29, 1.82) is 5.26 Å². The van der Waals surface area contributed by atoms with Gasteiger partial charge >= 0.3 is 0 Å². The fourth-order valence-electron chi connectivity index (χ4n) is 3.70. The van der Waals surface area contributed by atoms with Crippen LogP contribution in [0.3, 0.4) is 0 Å². The summed E-state index contributed by atoms with van der Waals surface area (Å²) in [6.45, 7) is 0. The van der Waals surface area contributed by atoms with Crippen molar-refractivity contribution < 1.29 is 0 Å². The van der Waals surface area contributed by atoms with Crippen LogP contribution in [0, 0.1) is 11.3 Å². The van der Waals surface area contributed by atoms with E-state index in [2.05, 4.69) is 16.2 Å². The lowest BCUT2D eigenvalue weighted by atomic mass is 9.84. The Bertz CT molecular complexity index is 1010. The smallest absolute Gasteiger partial charge is 0.142 e. The number of aryl methyl sites for hydroxylation is 2. The highest BCUT2D eigenvalue weighted by Crippen LogP contribution is 2.39. The maximum atomic E-state index is 9.77. The second-order valence-electron chi connectivity index (χ2n) is 6.72. The molecule has 0 aliphatic heterocycles. The van der Waals surface area contributed by atoms with Gasteiger partial charge in [-0.15, -0.1) is 0 Å². The van der Waals surface area contributed by atoms with Crippen LogP contribution in [0.2, 0.25) is 0 Å². The molecule has 6 nitrogen and oxygen atoms in total. The maximum Gasteiger partial charge on any atom is 0.142 e. The fraction of sp³-hybridized carbons (Fsp3) is 0.250. The van der Waals surface area contributed by atoms with E-state index in [1.807, 2.05) is 43.6 Å². The third kappa shape index (κ3) is 2.63. The first-order valence-corrected chi connectivity index (χ1v) is 8.64. The number of nitrogens with two attached hydrogens (primary N) is 2. The van der Waals surface area contributed by atoms with Crippen molar-refractivity contribution in [2.45, 2.75) is 25.3 Å². The number of hydrogen-bond donors (Lipinski definition) is 2. The number of pyridine rings is 1. The first-order valence-electron chi connectivity index (χ1n) is 8.64. The average Bonchev–Trinajstić information content (AvgIpc) is 3.03. The molecule has 1 atom stereocenters. The van der Waals surface area contributed by atoms with Gasteiger partial charge in [0.15, 0.2) is 0 Å². The van der Waals surface area contributed by atoms with Gasteiger partial charge in [-0.05, 0) is 24.8 Å². The van der Waals surface area contributed by atoms with Gasteiger partial charge in [0.2, 0.25) is 0 Å². The van der Waals surface area contributed by atoms with Crippen LogP contribution in [-0.4, -0.2) is 20.8 Å². The summed E-state index contributed by atoms with van der Waals surface area (Å²) in [5.74, 6) is 0.277. The molecule has 6 heteroatoms. The molecule has 0 bridgehead atoms. The standard InChI is InChI=1S/C20H20N6/c1-26-11-16(19(25-26)12-5-3-2-4-6-12)18-14-9-13(22)7-8-17(14)24-20(23)15(18)10-21/h2-6,11,13H,7-9,22H2,1H3,(H2,23,24). The van der Waals surface area contributed by atoms with Crippen LogP contribution in [-0.2, 0) is 19.9 Å². The molecular weight excluding hydrogens is 324 g/mol. The van der Waals surface area contributed by atoms with Crippen molar-refractivity contribution >= 4 is 5.82 Å². The van der Waals surface area contributed by atoms with Gasteiger partial charge in [-0.3, -0.25) is 4.68 Å². The van der Waals surface area contributed by atoms with Crippen molar-refractivity contribution in [3.8, 4) is 28.5 Å². The summed E-state index contributed by atoms with van der Waals surface area (Å²) < 4.78 is 1.77. The summed E-state index contributed by atoms with van der Waals surface area (Å²) in [5.41, 5.74) is 18.3. The van der Waals surface area contributed by atoms with Crippen LogP contribution >= 0.6 is 0 Å². The molecule has 1 aliphatic rings. The molecular formula is C20H20N6. The number of anilines is 1. The van der Waals surface area contributed by atoms with Crippen LogP contribution in [0.4, 0.5) is 5.82 Å². The first kappa shape index (κ1) is 16.3. The van der Waals surface area contributed by atoms with E-state index in [4.69, 9.17) is 11.5 Å². The molecule has 0 fully saturated rings. The number of nitriles is 1. The number of benzene rings is 1. The SMILES string of the molecule is Cn1cc(-c2c(C#N)c(N)nc3c2CC(N)CC3)c(-c2ccccc2)n1. The van der Waals surface area contributed by atoms with Gasteiger partial charge in [-0.25, -0.2) is 4.98 Å². The van der Waals surface area contributed by atoms with Crippen molar-refractivity contribution in [3.05, 3.63) is 53.3 Å². The minimum Gasteiger partial charge on any atom is -0.383 e. The Kier molecular flexibility index (Phi) is 3.94. The quantitative estimate of drug-likeness (QED) is 0.742. The van der Waals surface area contributed by atoms with Crippen LogP contribution in [0.5, 0.6) is 0 Å². The van der Waals surface area contributed by atoms with E-state index < -0.39 is 0 Å². The second kappa shape index (κ2) is 6.28. The third-order valence-corrected chi connectivity index (χ3v) is 4.89. The molecule has 0 saturated carbocycles. The number of nitrogen functional groups attached to an aromatic ring is 1. The minimum atomic E-state index is 0.0649. The van der Waals surface area contributed by atoms with Crippen molar-refractivity contribution in [3.63, 3.8) is 0 Å². The second-order valence-corrected chi connectivity index (χ2v) is 6.72. The van der Waals surface area contributed by atoms with Gasteiger partial charge < -0.3 is 11.5 Å². The van der Waals surface area contributed by atoms with Crippen LogP contribution in [0.1, 0.15) is 23.2 Å². The fourth-order valence-corrected chi connectivity index (χ4v) is 3.70. The molecule has 1 aliphatic carbocycles. The zero-order valence-electron chi connectivity index (χ0n) is 14.6. The van der Waals surface area contributed by atoms with Gasteiger partial charge in [0, 0.05) is 41.7 Å². The highest BCUT2D eigenvalue weighted by Gasteiger charge is 2.27. The van der Waals surface area contributed by atoms with Gasteiger partial charge in [0.25, 0.3) is 0 Å². The molecule has 4 N–H and O–H groups in total. The summed E-state index contributed by atoms with van der Waals surface area (Å²) in [4.78, 5) is 4.49. The molecule has 0 spiro atoms. The lowest BCUT2D eigenvalue weighted by molar-refractivity contribution is 0.568. The Balaban J connectivity index is 2.03.